The highest BCUT2D eigenvalue weighted by molar-refractivity contribution is 8.00. The number of fused-ring (bicyclic) bond motifs is 3. The predicted molar refractivity (Wildman–Crippen MR) is 127 cm³/mol. The van der Waals surface area contributed by atoms with Crippen molar-refractivity contribution in [3.8, 4) is 0 Å². The zero-order chi connectivity index (χ0) is 21.3. The van der Waals surface area contributed by atoms with E-state index in [0.717, 1.165) is 28.0 Å². The molecule has 1 aliphatic heterocycles. The monoisotopic (exact) mass is 458 g/mol. The standard InChI is InChI=1S/C21H22N4O2S3/c1-4-9-25-19(27)17-13-10-21(2,3)29-11-14(13)30-18(17)24-20(25)28-12-16(26)23-15-7-5-6-8-22-15/h4-8H,1,9-12H2,2-3H3,(H,22,23,26). The fraction of sp³-hybridized carbons (Fsp3) is 0.333. The van der Waals surface area contributed by atoms with Gasteiger partial charge in [-0.3, -0.25) is 14.2 Å². The third-order valence-corrected chi connectivity index (χ3v) is 8.38. The highest BCUT2D eigenvalue weighted by atomic mass is 32.2. The normalized spacial score (nSPS) is 15.0. The number of nitrogens with zero attached hydrogens (tertiary/aromatic N) is 3. The Kier molecular flexibility index (Phi) is 6.04. The zero-order valence-corrected chi connectivity index (χ0v) is 19.3. The number of amides is 1. The fourth-order valence-electron chi connectivity index (χ4n) is 3.35. The smallest absolute Gasteiger partial charge is 0.263 e. The van der Waals surface area contributed by atoms with Gasteiger partial charge in [-0.1, -0.05) is 37.8 Å². The van der Waals surface area contributed by atoms with Gasteiger partial charge in [0.1, 0.15) is 10.6 Å². The number of hydrogen-bond donors (Lipinski definition) is 1. The van der Waals surface area contributed by atoms with Crippen molar-refractivity contribution >= 4 is 56.8 Å². The molecule has 0 aliphatic carbocycles. The molecule has 0 bridgehead atoms. The minimum atomic E-state index is -0.193. The molecule has 1 N–H and O–H groups in total. The summed E-state index contributed by atoms with van der Waals surface area (Å²) in [5.74, 6) is 1.35. The SMILES string of the molecule is C=CCn1c(SCC(=O)Nc2ccccn2)nc2sc3c(c2c1=O)CC(C)(C)SC3. The van der Waals surface area contributed by atoms with Crippen LogP contribution in [0.1, 0.15) is 24.3 Å². The van der Waals surface area contributed by atoms with Gasteiger partial charge in [0.2, 0.25) is 5.91 Å². The summed E-state index contributed by atoms with van der Waals surface area (Å²) in [6.07, 6.45) is 4.17. The van der Waals surface area contributed by atoms with Crippen LogP contribution >= 0.6 is 34.9 Å². The van der Waals surface area contributed by atoms with E-state index in [9.17, 15) is 9.59 Å². The van der Waals surface area contributed by atoms with Gasteiger partial charge in [-0.2, -0.15) is 0 Å². The summed E-state index contributed by atoms with van der Waals surface area (Å²) >= 11 is 4.76. The van der Waals surface area contributed by atoms with Gasteiger partial charge in [-0.15, -0.1) is 29.7 Å². The number of nitrogens with one attached hydrogen (secondary N) is 1. The first-order valence-electron chi connectivity index (χ1n) is 9.51. The minimum absolute atomic E-state index is 0.0484. The molecule has 1 amide bonds. The van der Waals surface area contributed by atoms with Crippen LogP contribution in [0.5, 0.6) is 0 Å². The minimum Gasteiger partial charge on any atom is -0.310 e. The lowest BCUT2D eigenvalue weighted by atomic mass is 10.00. The molecule has 0 aromatic carbocycles. The summed E-state index contributed by atoms with van der Waals surface area (Å²) in [6, 6.07) is 5.33. The third kappa shape index (κ3) is 4.33. The predicted octanol–water partition coefficient (Wildman–Crippen LogP) is 4.34. The Morgan fingerprint density at radius 2 is 2.27 bits per heavy atom. The highest BCUT2D eigenvalue weighted by Gasteiger charge is 2.31. The van der Waals surface area contributed by atoms with E-state index in [4.69, 9.17) is 4.98 Å². The number of hydrogen-bond acceptors (Lipinski definition) is 7. The highest BCUT2D eigenvalue weighted by Crippen LogP contribution is 2.44. The number of thioether (sulfide) groups is 2. The van der Waals surface area contributed by atoms with E-state index in [0.29, 0.717) is 17.5 Å². The number of rotatable bonds is 6. The first-order valence-corrected chi connectivity index (χ1v) is 12.3. The van der Waals surface area contributed by atoms with Crippen molar-refractivity contribution < 1.29 is 4.79 Å². The van der Waals surface area contributed by atoms with Gasteiger partial charge in [0, 0.05) is 28.1 Å². The van der Waals surface area contributed by atoms with E-state index in [1.165, 1.54) is 16.6 Å². The molecule has 4 heterocycles. The second kappa shape index (κ2) is 8.56. The van der Waals surface area contributed by atoms with Crippen molar-refractivity contribution in [1.82, 2.24) is 14.5 Å². The summed E-state index contributed by atoms with van der Waals surface area (Å²) in [7, 11) is 0. The Labute approximate surface area is 187 Å². The molecule has 1 aliphatic rings. The van der Waals surface area contributed by atoms with Gasteiger partial charge in [0.15, 0.2) is 5.16 Å². The Bertz CT molecular complexity index is 1170. The lowest BCUT2D eigenvalue weighted by Gasteiger charge is -2.28. The van der Waals surface area contributed by atoms with E-state index in [2.05, 4.69) is 30.7 Å². The van der Waals surface area contributed by atoms with Crippen molar-refractivity contribution in [3.63, 3.8) is 0 Å². The van der Waals surface area contributed by atoms with Crippen LogP contribution in [0.25, 0.3) is 10.2 Å². The molecule has 3 aromatic heterocycles. The molecule has 0 radical (unpaired) electrons. The summed E-state index contributed by atoms with van der Waals surface area (Å²) in [5.41, 5.74) is 1.09. The van der Waals surface area contributed by atoms with E-state index in [1.807, 2.05) is 17.8 Å². The maximum atomic E-state index is 13.4. The molecule has 3 aromatic rings. The average Bonchev–Trinajstić information content (AvgIpc) is 3.06. The first kappa shape index (κ1) is 21.1. The van der Waals surface area contributed by atoms with Gasteiger partial charge < -0.3 is 5.32 Å². The Balaban J connectivity index is 1.64. The van der Waals surface area contributed by atoms with E-state index >= 15 is 0 Å². The molecular weight excluding hydrogens is 436 g/mol. The van der Waals surface area contributed by atoms with Crippen LogP contribution in [0.4, 0.5) is 5.82 Å². The molecule has 0 atom stereocenters. The Morgan fingerprint density at radius 3 is 3.00 bits per heavy atom. The van der Waals surface area contributed by atoms with Crippen molar-refractivity contribution in [2.45, 2.75) is 42.5 Å². The van der Waals surface area contributed by atoms with Crippen LogP contribution in [0, 0.1) is 0 Å². The van der Waals surface area contributed by atoms with Gasteiger partial charge in [-0.25, -0.2) is 9.97 Å². The number of pyridine rings is 1. The van der Waals surface area contributed by atoms with Crippen LogP contribution in [0.15, 0.2) is 47.0 Å². The molecule has 30 heavy (non-hydrogen) atoms. The summed E-state index contributed by atoms with van der Waals surface area (Å²) in [5, 5.41) is 4.02. The van der Waals surface area contributed by atoms with Crippen molar-refractivity contribution in [2.75, 3.05) is 11.1 Å². The fourth-order valence-corrected chi connectivity index (χ4v) is 6.54. The Morgan fingerprint density at radius 1 is 1.43 bits per heavy atom. The summed E-state index contributed by atoms with van der Waals surface area (Å²) < 4.78 is 1.73. The molecule has 0 saturated heterocycles. The van der Waals surface area contributed by atoms with Gasteiger partial charge >= 0.3 is 0 Å². The van der Waals surface area contributed by atoms with Crippen LogP contribution in [-0.2, 0) is 23.5 Å². The van der Waals surface area contributed by atoms with Crippen LogP contribution in [0.3, 0.4) is 0 Å². The second-order valence-electron chi connectivity index (χ2n) is 7.56. The quantitative estimate of drug-likeness (QED) is 0.336. The topological polar surface area (TPSA) is 76.9 Å². The molecular formula is C21H22N4O2S3. The third-order valence-electron chi connectivity index (χ3n) is 4.73. The number of anilines is 1. The molecule has 4 rings (SSSR count). The maximum absolute atomic E-state index is 13.4. The second-order valence-corrected chi connectivity index (χ2v) is 11.3. The van der Waals surface area contributed by atoms with Crippen LogP contribution in [0.2, 0.25) is 0 Å². The summed E-state index contributed by atoms with van der Waals surface area (Å²) in [6.45, 7) is 8.56. The molecule has 0 saturated carbocycles. The number of allylic oxidation sites excluding steroid dienone is 1. The molecule has 6 nitrogen and oxygen atoms in total. The van der Waals surface area contributed by atoms with Gasteiger partial charge in [0.05, 0.1) is 11.1 Å². The average molecular weight is 459 g/mol. The van der Waals surface area contributed by atoms with E-state index in [-0.39, 0.29) is 22.0 Å². The van der Waals surface area contributed by atoms with Crippen molar-refractivity contribution in [2.24, 2.45) is 0 Å². The zero-order valence-electron chi connectivity index (χ0n) is 16.8. The maximum Gasteiger partial charge on any atom is 0.263 e. The first-order chi connectivity index (χ1) is 14.4. The lowest BCUT2D eigenvalue weighted by Crippen LogP contribution is -2.27. The lowest BCUT2D eigenvalue weighted by molar-refractivity contribution is -0.113. The van der Waals surface area contributed by atoms with Crippen molar-refractivity contribution in [3.05, 3.63) is 57.8 Å². The molecule has 0 unspecified atom stereocenters. The van der Waals surface area contributed by atoms with Crippen molar-refractivity contribution in [1.29, 1.82) is 0 Å². The number of carbonyl (C=O) groups is 1. The largest absolute Gasteiger partial charge is 0.310 e. The Hall–Kier alpha value is -2.10. The van der Waals surface area contributed by atoms with E-state index < -0.39 is 0 Å². The molecule has 9 heteroatoms. The summed E-state index contributed by atoms with van der Waals surface area (Å²) in [4.78, 5) is 36.6. The van der Waals surface area contributed by atoms with Crippen LogP contribution in [-0.4, -0.2) is 30.9 Å². The van der Waals surface area contributed by atoms with Crippen LogP contribution < -0.4 is 10.9 Å². The molecule has 0 fully saturated rings. The van der Waals surface area contributed by atoms with E-state index in [1.54, 1.807) is 40.3 Å². The number of thiophene rings is 1. The molecule has 0 spiro atoms. The van der Waals surface area contributed by atoms with Gasteiger partial charge in [0.25, 0.3) is 5.56 Å². The molecule has 156 valence electrons. The number of aromatic nitrogens is 3. The number of carbonyl (C=O) groups excluding carboxylic acids is 1. The van der Waals surface area contributed by atoms with Gasteiger partial charge in [-0.05, 0) is 24.1 Å².